The molecule has 2 saturated carbocycles. The fourth-order valence-electron chi connectivity index (χ4n) is 5.54. The van der Waals surface area contributed by atoms with Crippen molar-refractivity contribution >= 4 is 11.8 Å². The molecule has 158 valence electrons. The van der Waals surface area contributed by atoms with Crippen molar-refractivity contribution in [2.24, 2.45) is 17.8 Å². The molecule has 0 radical (unpaired) electrons. The van der Waals surface area contributed by atoms with Crippen molar-refractivity contribution in [2.45, 2.75) is 38.1 Å². The van der Waals surface area contributed by atoms with Crippen LogP contribution in [0.1, 0.15) is 32.1 Å². The molecule has 4 bridgehead atoms. The summed E-state index contributed by atoms with van der Waals surface area (Å²) in [5, 5.41) is 11.3. The van der Waals surface area contributed by atoms with E-state index in [1.807, 2.05) is 6.08 Å². The van der Waals surface area contributed by atoms with Crippen LogP contribution in [0.25, 0.3) is 0 Å². The molecular weight excluding hydrogens is 384 g/mol. The first-order valence-corrected chi connectivity index (χ1v) is 10.4. The molecule has 30 heavy (non-hydrogen) atoms. The lowest BCUT2D eigenvalue weighted by Crippen LogP contribution is -2.34. The Labute approximate surface area is 175 Å². The van der Waals surface area contributed by atoms with Crippen molar-refractivity contribution in [3.05, 3.63) is 69.6 Å². The van der Waals surface area contributed by atoms with Gasteiger partial charge >= 0.3 is 5.97 Å². The summed E-state index contributed by atoms with van der Waals surface area (Å²) in [5.41, 5.74) is 1.34. The summed E-state index contributed by atoms with van der Waals surface area (Å²) in [6, 6.07) is 0.534. The van der Waals surface area contributed by atoms with E-state index in [0.717, 1.165) is 17.9 Å². The van der Waals surface area contributed by atoms with Crippen LogP contribution in [0.2, 0.25) is 0 Å². The van der Waals surface area contributed by atoms with E-state index in [1.165, 1.54) is 50.0 Å². The van der Waals surface area contributed by atoms with Crippen LogP contribution in [0, 0.1) is 27.9 Å². The van der Waals surface area contributed by atoms with Gasteiger partial charge in [0.1, 0.15) is 6.61 Å². The third kappa shape index (κ3) is 3.88. The number of ether oxygens (including phenoxy) is 1. The highest BCUT2D eigenvalue weighted by molar-refractivity contribution is 6.12. The molecule has 0 aromatic heterocycles. The summed E-state index contributed by atoms with van der Waals surface area (Å²) in [4.78, 5) is 37.3. The number of ketones is 1. The van der Waals surface area contributed by atoms with Crippen molar-refractivity contribution in [1.82, 2.24) is 4.90 Å². The number of fused-ring (bicyclic) bond motifs is 1. The lowest BCUT2D eigenvalue weighted by atomic mass is 9.68. The predicted octanol–water partition coefficient (Wildman–Crippen LogP) is 3.34. The molecule has 2 heterocycles. The second kappa shape index (κ2) is 8.05. The van der Waals surface area contributed by atoms with Gasteiger partial charge in [0, 0.05) is 48.2 Å². The number of hydrogen-bond donors (Lipinski definition) is 0. The molecule has 0 aromatic carbocycles. The zero-order valence-electron chi connectivity index (χ0n) is 17.1. The van der Waals surface area contributed by atoms with Gasteiger partial charge in [-0.15, -0.1) is 0 Å². The third-order valence-electron chi connectivity index (χ3n) is 6.85. The number of nitrogens with zero attached hydrogens (tertiary/aromatic N) is 2. The van der Waals surface area contributed by atoms with E-state index in [1.54, 1.807) is 6.08 Å². The molecule has 2 aliphatic heterocycles. The first kappa shape index (κ1) is 20.3. The Morgan fingerprint density at radius 2 is 1.93 bits per heavy atom. The summed E-state index contributed by atoms with van der Waals surface area (Å²) < 4.78 is 4.93. The van der Waals surface area contributed by atoms with Crippen LogP contribution >= 0.6 is 0 Å². The second-order valence-corrected chi connectivity index (χ2v) is 8.72. The molecule has 0 amide bonds. The summed E-state index contributed by atoms with van der Waals surface area (Å²) in [7, 11) is 2.12. The van der Waals surface area contributed by atoms with Crippen molar-refractivity contribution in [2.75, 3.05) is 13.7 Å². The van der Waals surface area contributed by atoms with E-state index in [9.17, 15) is 19.7 Å². The number of allylic oxidation sites excluding steroid dienone is 6. The van der Waals surface area contributed by atoms with Crippen LogP contribution < -0.4 is 0 Å². The summed E-state index contributed by atoms with van der Waals surface area (Å²) in [6.07, 6.45) is 13.2. The predicted molar refractivity (Wildman–Crippen MR) is 111 cm³/mol. The molecule has 5 aliphatic rings. The third-order valence-corrected chi connectivity index (χ3v) is 6.85. The highest BCUT2D eigenvalue weighted by Crippen LogP contribution is 2.50. The molecule has 7 heteroatoms. The van der Waals surface area contributed by atoms with Crippen LogP contribution in [0.3, 0.4) is 0 Å². The molecule has 2 unspecified atom stereocenters. The van der Waals surface area contributed by atoms with Gasteiger partial charge in [-0.25, -0.2) is 4.79 Å². The number of nitro groups is 1. The van der Waals surface area contributed by atoms with Crippen LogP contribution in [-0.2, 0) is 14.3 Å². The topological polar surface area (TPSA) is 89.8 Å². The zero-order chi connectivity index (χ0) is 21.4. The Kier molecular flexibility index (Phi) is 5.45. The van der Waals surface area contributed by atoms with Gasteiger partial charge in [-0.1, -0.05) is 6.58 Å². The first-order valence-electron chi connectivity index (χ1n) is 10.4. The molecule has 4 atom stereocenters. The number of carbonyl (C=O) groups is 2. The molecule has 0 aromatic rings. The minimum absolute atomic E-state index is 0.0817. The summed E-state index contributed by atoms with van der Waals surface area (Å²) in [5.74, 6) is 0.986. The molecule has 7 nitrogen and oxygen atoms in total. The lowest BCUT2D eigenvalue weighted by Gasteiger charge is -2.38. The maximum atomic E-state index is 12.8. The number of rotatable bonds is 5. The largest absolute Gasteiger partial charge is 0.458 e. The standard InChI is InChI=1S/C23H26N2O5/c1-3-22(26)30-13-18-12-20(25(28)29)11-16(23(18)27)4-5-21-17-7-14-6-15(8-17)10-19(9-14)24(21)2/h3-5,11-12,14-15,17,19H,1,6-10,13H2,2H3/t14-,15+,17?,19?. The van der Waals surface area contributed by atoms with Gasteiger partial charge in [-0.3, -0.25) is 14.9 Å². The molecule has 5 rings (SSSR count). The van der Waals surface area contributed by atoms with Gasteiger partial charge in [-0.2, -0.15) is 0 Å². The van der Waals surface area contributed by atoms with Crippen molar-refractivity contribution in [3.8, 4) is 0 Å². The van der Waals surface area contributed by atoms with E-state index >= 15 is 0 Å². The van der Waals surface area contributed by atoms with Gasteiger partial charge in [0.15, 0.2) is 5.78 Å². The second-order valence-electron chi connectivity index (χ2n) is 8.72. The quantitative estimate of drug-likeness (QED) is 0.299. The summed E-state index contributed by atoms with van der Waals surface area (Å²) >= 11 is 0. The molecule has 0 spiro atoms. The fraction of sp³-hybridized carbons (Fsp3) is 0.478. The minimum Gasteiger partial charge on any atom is -0.458 e. The Hall–Kier alpha value is -2.96. The van der Waals surface area contributed by atoms with Crippen LogP contribution in [0.15, 0.2) is 59.5 Å². The maximum absolute atomic E-state index is 12.8. The average molecular weight is 410 g/mol. The molecule has 4 fully saturated rings. The van der Waals surface area contributed by atoms with Gasteiger partial charge in [0.2, 0.25) is 0 Å². The number of esters is 1. The van der Waals surface area contributed by atoms with Crippen LogP contribution in [0.4, 0.5) is 0 Å². The van der Waals surface area contributed by atoms with Gasteiger partial charge in [0.05, 0.1) is 4.92 Å². The molecule has 0 N–H and O–H groups in total. The first-order chi connectivity index (χ1) is 14.4. The number of hydrogen-bond acceptors (Lipinski definition) is 6. The Morgan fingerprint density at radius 3 is 2.57 bits per heavy atom. The van der Waals surface area contributed by atoms with E-state index in [2.05, 4.69) is 18.5 Å². The minimum atomic E-state index is -0.681. The van der Waals surface area contributed by atoms with Crippen molar-refractivity contribution < 1.29 is 19.2 Å². The van der Waals surface area contributed by atoms with Gasteiger partial charge in [0.25, 0.3) is 5.70 Å². The molecule has 3 aliphatic carbocycles. The maximum Gasteiger partial charge on any atom is 0.330 e. The van der Waals surface area contributed by atoms with Crippen LogP contribution in [-0.4, -0.2) is 41.3 Å². The summed E-state index contributed by atoms with van der Waals surface area (Å²) in [6.45, 7) is 2.99. The highest BCUT2D eigenvalue weighted by atomic mass is 16.6. The Balaban J connectivity index is 1.62. The number of Topliss-reactive ketones (excluding diaryl/α,β-unsaturated/α-hetero) is 1. The molecular formula is C23H26N2O5. The molecule has 2 saturated heterocycles. The Morgan fingerprint density at radius 1 is 1.23 bits per heavy atom. The number of carbonyl (C=O) groups excluding carboxylic acids is 2. The fourth-order valence-corrected chi connectivity index (χ4v) is 5.54. The smallest absolute Gasteiger partial charge is 0.330 e. The van der Waals surface area contributed by atoms with Crippen molar-refractivity contribution in [3.63, 3.8) is 0 Å². The lowest BCUT2D eigenvalue weighted by molar-refractivity contribution is -0.419. The van der Waals surface area contributed by atoms with E-state index in [4.69, 9.17) is 4.74 Å². The van der Waals surface area contributed by atoms with Gasteiger partial charge in [-0.05, 0) is 62.0 Å². The SMILES string of the molecule is C=CC(=O)OCC1=CC([N+](=O)[O-])=CC(=CC=C2C3C[C@@H]4CC(C[C@H](C3)C4)N2C)C1=O. The van der Waals surface area contributed by atoms with E-state index < -0.39 is 10.9 Å². The van der Waals surface area contributed by atoms with Gasteiger partial charge < -0.3 is 9.64 Å². The monoisotopic (exact) mass is 410 g/mol. The average Bonchev–Trinajstić information content (AvgIpc) is 2.86. The normalized spacial score (nSPS) is 32.7. The van der Waals surface area contributed by atoms with Crippen LogP contribution in [0.5, 0.6) is 0 Å². The highest BCUT2D eigenvalue weighted by Gasteiger charge is 2.43. The van der Waals surface area contributed by atoms with E-state index in [-0.39, 0.29) is 29.2 Å². The van der Waals surface area contributed by atoms with Crippen molar-refractivity contribution in [1.29, 1.82) is 0 Å². The Bertz CT molecular complexity index is 912. The van der Waals surface area contributed by atoms with E-state index in [0.29, 0.717) is 12.0 Å². The zero-order valence-corrected chi connectivity index (χ0v) is 17.1.